The second-order valence-corrected chi connectivity index (χ2v) is 8.00. The third-order valence-electron chi connectivity index (χ3n) is 6.41. The van der Waals surface area contributed by atoms with E-state index < -0.39 is 0 Å². The Morgan fingerprint density at radius 1 is 1.00 bits per heavy atom. The van der Waals surface area contributed by atoms with Gasteiger partial charge in [-0.05, 0) is 62.6 Å². The second kappa shape index (κ2) is 6.54. The lowest BCUT2D eigenvalue weighted by molar-refractivity contribution is 0.409. The lowest BCUT2D eigenvalue weighted by Crippen LogP contribution is -2.25. The zero-order valence-electron chi connectivity index (χ0n) is 15.2. The van der Waals surface area contributed by atoms with E-state index in [1.54, 1.807) is 0 Å². The van der Waals surface area contributed by atoms with E-state index in [0.717, 1.165) is 68.8 Å². The number of hydrogen-bond donors (Lipinski definition) is 2. The standard InChI is InChI=1S/C21H27N5/c22-21-24-19-17-6-2-1-4-14(17)5-3-7-18(19)20(25-21)26-12-15-8-10-23-11-9-16(15)13-26/h1-2,4,6,15-16,23H,3,5,7-13H2,(H2,22,24,25). The fourth-order valence-electron chi connectivity index (χ4n) is 5.09. The molecular weight excluding hydrogens is 322 g/mol. The van der Waals surface area contributed by atoms with Crippen LogP contribution in [-0.2, 0) is 12.8 Å². The van der Waals surface area contributed by atoms with Crippen molar-refractivity contribution >= 4 is 11.8 Å². The number of rotatable bonds is 1. The van der Waals surface area contributed by atoms with Crippen molar-refractivity contribution < 1.29 is 0 Å². The number of nitrogens with two attached hydrogens (primary N) is 1. The van der Waals surface area contributed by atoms with Crippen LogP contribution in [0.15, 0.2) is 24.3 Å². The summed E-state index contributed by atoms with van der Waals surface area (Å²) in [5.41, 5.74) is 11.2. The van der Waals surface area contributed by atoms with Crippen molar-refractivity contribution in [2.75, 3.05) is 36.8 Å². The summed E-state index contributed by atoms with van der Waals surface area (Å²) in [6, 6.07) is 8.64. The molecule has 3 heterocycles. The topological polar surface area (TPSA) is 67.1 Å². The van der Waals surface area contributed by atoms with E-state index in [-0.39, 0.29) is 0 Å². The number of nitrogens with one attached hydrogen (secondary N) is 1. The van der Waals surface area contributed by atoms with E-state index in [0.29, 0.717) is 5.95 Å². The molecular formula is C21H27N5. The van der Waals surface area contributed by atoms with E-state index >= 15 is 0 Å². The molecule has 2 aliphatic heterocycles. The normalized spacial score (nSPS) is 25.0. The van der Waals surface area contributed by atoms with Crippen molar-refractivity contribution in [1.82, 2.24) is 15.3 Å². The van der Waals surface area contributed by atoms with Crippen LogP contribution in [-0.4, -0.2) is 36.1 Å². The first kappa shape index (κ1) is 16.1. The molecule has 1 aliphatic carbocycles. The molecule has 1 aromatic heterocycles. The molecule has 0 amide bonds. The van der Waals surface area contributed by atoms with Gasteiger partial charge in [0, 0.05) is 24.2 Å². The van der Waals surface area contributed by atoms with Gasteiger partial charge in [-0.3, -0.25) is 0 Å². The highest BCUT2D eigenvalue weighted by molar-refractivity contribution is 5.74. The Kier molecular flexibility index (Phi) is 4.04. The molecule has 136 valence electrons. The van der Waals surface area contributed by atoms with Gasteiger partial charge in [0.2, 0.25) is 5.95 Å². The van der Waals surface area contributed by atoms with E-state index in [4.69, 9.17) is 10.7 Å². The Labute approximate surface area is 155 Å². The molecule has 2 unspecified atom stereocenters. The summed E-state index contributed by atoms with van der Waals surface area (Å²) < 4.78 is 0. The molecule has 2 atom stereocenters. The molecule has 3 N–H and O–H groups in total. The summed E-state index contributed by atoms with van der Waals surface area (Å²) in [5.74, 6) is 3.05. The third-order valence-corrected chi connectivity index (χ3v) is 6.41. The van der Waals surface area contributed by atoms with Gasteiger partial charge in [-0.2, -0.15) is 4.98 Å². The predicted octanol–water partition coefficient (Wildman–Crippen LogP) is 2.65. The quantitative estimate of drug-likeness (QED) is 0.828. The van der Waals surface area contributed by atoms with Gasteiger partial charge in [0.1, 0.15) is 5.82 Å². The van der Waals surface area contributed by atoms with Crippen molar-refractivity contribution in [3.63, 3.8) is 0 Å². The Balaban J connectivity index is 1.56. The molecule has 5 heteroatoms. The molecule has 0 radical (unpaired) electrons. The largest absolute Gasteiger partial charge is 0.368 e. The predicted molar refractivity (Wildman–Crippen MR) is 105 cm³/mol. The fraction of sp³-hybridized carbons (Fsp3) is 0.524. The van der Waals surface area contributed by atoms with Crippen LogP contribution >= 0.6 is 0 Å². The summed E-state index contributed by atoms with van der Waals surface area (Å²) in [6.45, 7) is 4.51. The van der Waals surface area contributed by atoms with Gasteiger partial charge in [-0.25, -0.2) is 4.98 Å². The van der Waals surface area contributed by atoms with E-state index in [9.17, 15) is 0 Å². The van der Waals surface area contributed by atoms with Crippen LogP contribution in [0.3, 0.4) is 0 Å². The van der Waals surface area contributed by atoms with Crippen LogP contribution in [0.4, 0.5) is 11.8 Å². The Bertz CT molecular complexity index is 804. The molecule has 2 aromatic rings. The van der Waals surface area contributed by atoms with Gasteiger partial charge in [0.05, 0.1) is 5.69 Å². The fourth-order valence-corrected chi connectivity index (χ4v) is 5.09. The molecule has 26 heavy (non-hydrogen) atoms. The van der Waals surface area contributed by atoms with E-state index in [1.165, 1.54) is 29.5 Å². The average molecular weight is 349 g/mol. The molecule has 2 saturated heterocycles. The third kappa shape index (κ3) is 2.75. The van der Waals surface area contributed by atoms with E-state index in [2.05, 4.69) is 39.5 Å². The maximum Gasteiger partial charge on any atom is 0.222 e. The van der Waals surface area contributed by atoms with Crippen LogP contribution in [0.25, 0.3) is 11.3 Å². The average Bonchev–Trinajstić information content (AvgIpc) is 2.81. The maximum atomic E-state index is 6.17. The Morgan fingerprint density at radius 3 is 2.58 bits per heavy atom. The van der Waals surface area contributed by atoms with Crippen molar-refractivity contribution in [2.24, 2.45) is 11.8 Å². The number of aryl methyl sites for hydroxylation is 1. The van der Waals surface area contributed by atoms with Gasteiger partial charge >= 0.3 is 0 Å². The summed E-state index contributed by atoms with van der Waals surface area (Å²) in [4.78, 5) is 11.9. The molecule has 5 nitrogen and oxygen atoms in total. The van der Waals surface area contributed by atoms with Crippen molar-refractivity contribution in [2.45, 2.75) is 32.1 Å². The number of aromatic nitrogens is 2. The first-order valence-electron chi connectivity index (χ1n) is 10.00. The summed E-state index contributed by atoms with van der Waals surface area (Å²) in [5, 5.41) is 3.54. The number of benzene rings is 1. The highest BCUT2D eigenvalue weighted by Crippen LogP contribution is 2.39. The smallest absolute Gasteiger partial charge is 0.222 e. The van der Waals surface area contributed by atoms with Gasteiger partial charge in [0.15, 0.2) is 0 Å². The van der Waals surface area contributed by atoms with Crippen molar-refractivity contribution in [1.29, 1.82) is 0 Å². The SMILES string of the molecule is Nc1nc2c(c(N3CC4CCNCCC4C3)n1)CCCc1ccccc1-2. The highest BCUT2D eigenvalue weighted by atomic mass is 15.2. The number of hydrogen-bond acceptors (Lipinski definition) is 5. The Morgan fingerprint density at radius 2 is 1.77 bits per heavy atom. The van der Waals surface area contributed by atoms with Gasteiger partial charge in [-0.15, -0.1) is 0 Å². The minimum Gasteiger partial charge on any atom is -0.368 e. The van der Waals surface area contributed by atoms with E-state index in [1.807, 2.05) is 0 Å². The molecule has 0 bridgehead atoms. The summed E-state index contributed by atoms with van der Waals surface area (Å²) in [6.07, 6.45) is 5.82. The minimum absolute atomic E-state index is 0.407. The van der Waals surface area contributed by atoms with Gasteiger partial charge < -0.3 is 16.0 Å². The number of nitrogen functional groups attached to an aromatic ring is 1. The van der Waals surface area contributed by atoms with Gasteiger partial charge in [-0.1, -0.05) is 24.3 Å². The monoisotopic (exact) mass is 349 g/mol. The second-order valence-electron chi connectivity index (χ2n) is 8.00. The lowest BCUT2D eigenvalue weighted by atomic mass is 9.92. The minimum atomic E-state index is 0.407. The zero-order valence-corrected chi connectivity index (χ0v) is 15.2. The molecule has 0 spiro atoms. The van der Waals surface area contributed by atoms with Crippen LogP contribution in [0.1, 0.15) is 30.4 Å². The number of anilines is 2. The molecule has 3 aliphatic rings. The van der Waals surface area contributed by atoms with Crippen LogP contribution in [0, 0.1) is 11.8 Å². The van der Waals surface area contributed by atoms with Crippen LogP contribution in [0.5, 0.6) is 0 Å². The Hall–Kier alpha value is -2.14. The number of fused-ring (bicyclic) bond motifs is 4. The van der Waals surface area contributed by atoms with Gasteiger partial charge in [0.25, 0.3) is 0 Å². The van der Waals surface area contributed by atoms with Crippen molar-refractivity contribution in [3.8, 4) is 11.3 Å². The summed E-state index contributed by atoms with van der Waals surface area (Å²) in [7, 11) is 0. The maximum absolute atomic E-state index is 6.17. The summed E-state index contributed by atoms with van der Waals surface area (Å²) >= 11 is 0. The molecule has 5 rings (SSSR count). The molecule has 0 saturated carbocycles. The van der Waals surface area contributed by atoms with Crippen LogP contribution in [0.2, 0.25) is 0 Å². The number of nitrogens with zero attached hydrogens (tertiary/aromatic N) is 3. The van der Waals surface area contributed by atoms with Crippen molar-refractivity contribution in [3.05, 3.63) is 35.4 Å². The molecule has 1 aromatic carbocycles. The molecule has 2 fully saturated rings. The van der Waals surface area contributed by atoms with Crippen LogP contribution < -0.4 is 16.0 Å². The first-order chi connectivity index (χ1) is 12.8. The first-order valence-corrected chi connectivity index (χ1v) is 10.00. The lowest BCUT2D eigenvalue weighted by Gasteiger charge is -2.23. The zero-order chi connectivity index (χ0) is 17.5. The highest BCUT2D eigenvalue weighted by Gasteiger charge is 2.35.